The molecule has 40 heavy (non-hydrogen) atoms. The molecule has 0 aromatic heterocycles. The monoisotopic (exact) mass is 539 g/mol. The first-order valence-corrected chi connectivity index (χ1v) is 12.2. The minimum Gasteiger partial charge on any atom is -0.339 e. The van der Waals surface area contributed by atoms with E-state index in [1.807, 2.05) is 18.2 Å². The van der Waals surface area contributed by atoms with Gasteiger partial charge in [-0.15, -0.1) is 0 Å². The van der Waals surface area contributed by atoms with Gasteiger partial charge in [0, 0.05) is 28.9 Å². The highest BCUT2D eigenvalue weighted by Gasteiger charge is 2.19. The maximum atomic E-state index is 12.2. The Labute approximate surface area is 234 Å². The largest absolute Gasteiger partial charge is 0.339 e. The number of nitrogens with one attached hydrogen (secondary N) is 4. The highest BCUT2D eigenvalue weighted by molar-refractivity contribution is 5.97. The zero-order valence-electron chi connectivity index (χ0n) is 21.2. The normalized spacial score (nSPS) is 10.3. The van der Waals surface area contributed by atoms with Gasteiger partial charge >= 0.3 is 0 Å². The highest BCUT2D eigenvalue weighted by atomic mass is 16.5. The molecule has 1 atom stereocenters. The van der Waals surface area contributed by atoms with Crippen molar-refractivity contribution in [2.75, 3.05) is 25.0 Å². The number of nitrogens with two attached hydrogens (primary N) is 1. The van der Waals surface area contributed by atoms with Crippen LogP contribution in [0, 0.1) is 23.7 Å². The Morgan fingerprint density at radius 2 is 1.45 bits per heavy atom. The van der Waals surface area contributed by atoms with Crippen molar-refractivity contribution in [1.82, 2.24) is 16.1 Å². The lowest BCUT2D eigenvalue weighted by Gasteiger charge is -2.14. The van der Waals surface area contributed by atoms with Gasteiger partial charge in [-0.1, -0.05) is 49.6 Å². The number of rotatable bonds is 10. The van der Waals surface area contributed by atoms with Crippen molar-refractivity contribution in [2.24, 2.45) is 5.73 Å². The summed E-state index contributed by atoms with van der Waals surface area (Å²) >= 11 is 0. The molecule has 0 spiro atoms. The van der Waals surface area contributed by atoms with Crippen LogP contribution in [-0.2, 0) is 16.0 Å². The summed E-state index contributed by atoms with van der Waals surface area (Å²) < 4.78 is 0. The molecule has 206 valence electrons. The molecule has 9 heteroatoms. The molecule has 0 fully saturated rings. The Kier molecular flexibility index (Phi) is 13.2. The number of anilines is 1. The summed E-state index contributed by atoms with van der Waals surface area (Å²) in [6.45, 7) is 0.780. The van der Waals surface area contributed by atoms with E-state index in [1.54, 1.807) is 48.5 Å². The van der Waals surface area contributed by atoms with Crippen LogP contribution in [0.1, 0.15) is 34.5 Å². The lowest BCUT2D eigenvalue weighted by Crippen LogP contribution is -2.50. The second-order valence-electron chi connectivity index (χ2n) is 8.35. The average molecular weight is 540 g/mol. The van der Waals surface area contributed by atoms with Crippen LogP contribution in [-0.4, -0.2) is 48.6 Å². The number of carbonyl (C=O) groups excluding carboxylic acids is 3. The van der Waals surface area contributed by atoms with Crippen LogP contribution in [0.25, 0.3) is 0 Å². The average Bonchev–Trinajstić information content (AvgIpc) is 2.97. The smallest absolute Gasteiger partial charge is 0.267 e. The van der Waals surface area contributed by atoms with Crippen molar-refractivity contribution in [3.63, 3.8) is 0 Å². The molecule has 0 aliphatic heterocycles. The van der Waals surface area contributed by atoms with Gasteiger partial charge in [-0.25, -0.2) is 5.48 Å². The fourth-order valence-corrected chi connectivity index (χ4v) is 3.38. The fourth-order valence-electron chi connectivity index (χ4n) is 3.38. The van der Waals surface area contributed by atoms with Gasteiger partial charge in [0.2, 0.25) is 5.91 Å². The van der Waals surface area contributed by atoms with Crippen LogP contribution in [0.2, 0.25) is 0 Å². The van der Waals surface area contributed by atoms with Gasteiger partial charge in [0.15, 0.2) is 0 Å². The van der Waals surface area contributed by atoms with Crippen LogP contribution in [0.5, 0.6) is 0 Å². The van der Waals surface area contributed by atoms with Crippen molar-refractivity contribution < 1.29 is 19.6 Å². The van der Waals surface area contributed by atoms with Crippen molar-refractivity contribution in [3.05, 3.63) is 101 Å². The lowest BCUT2D eigenvalue weighted by molar-refractivity contribution is -0.130. The molecule has 9 nitrogen and oxygen atoms in total. The van der Waals surface area contributed by atoms with Gasteiger partial charge < -0.3 is 21.7 Å². The van der Waals surface area contributed by atoms with E-state index in [2.05, 4.69) is 51.8 Å². The maximum absolute atomic E-state index is 12.2. The van der Waals surface area contributed by atoms with Crippen molar-refractivity contribution in [1.29, 1.82) is 0 Å². The topological polar surface area (TPSA) is 146 Å². The second-order valence-corrected chi connectivity index (χ2v) is 8.35. The lowest BCUT2D eigenvalue weighted by atomic mass is 10.1. The minimum atomic E-state index is -1.05. The van der Waals surface area contributed by atoms with Crippen LogP contribution < -0.4 is 27.2 Å². The van der Waals surface area contributed by atoms with Crippen LogP contribution in [0.3, 0.4) is 0 Å². The molecule has 0 saturated carbocycles. The summed E-state index contributed by atoms with van der Waals surface area (Å²) in [6, 6.07) is 22.6. The molecule has 0 bridgehead atoms. The summed E-state index contributed by atoms with van der Waals surface area (Å²) in [4.78, 5) is 35.8. The van der Waals surface area contributed by atoms with E-state index in [0.29, 0.717) is 23.4 Å². The summed E-state index contributed by atoms with van der Waals surface area (Å²) in [5, 5.41) is 17.1. The molecule has 0 heterocycles. The molecule has 0 unspecified atom stereocenters. The van der Waals surface area contributed by atoms with E-state index in [9.17, 15) is 14.4 Å². The molecule has 0 aliphatic rings. The van der Waals surface area contributed by atoms with Crippen molar-refractivity contribution >= 4 is 23.4 Å². The van der Waals surface area contributed by atoms with E-state index < -0.39 is 17.9 Å². The van der Waals surface area contributed by atoms with Gasteiger partial charge in [-0.05, 0) is 78.9 Å². The van der Waals surface area contributed by atoms with Crippen molar-refractivity contribution in [3.8, 4) is 23.7 Å². The van der Waals surface area contributed by atoms with Gasteiger partial charge in [0.25, 0.3) is 11.8 Å². The predicted octanol–water partition coefficient (Wildman–Crippen LogP) is 2.06. The van der Waals surface area contributed by atoms with E-state index in [1.165, 1.54) is 11.0 Å². The molecule has 0 radical (unpaired) electrons. The van der Waals surface area contributed by atoms with Crippen LogP contribution in [0.4, 0.5) is 5.69 Å². The summed E-state index contributed by atoms with van der Waals surface area (Å²) in [5.41, 5.74) is 10.5. The summed E-state index contributed by atoms with van der Waals surface area (Å²) in [6.07, 6.45) is 0.857. The zero-order chi connectivity index (χ0) is 27.9. The summed E-state index contributed by atoms with van der Waals surface area (Å²) in [7, 11) is 0. The Balaban J connectivity index is 0.00000560. The fraction of sp³-hybridized carbons (Fsp3) is 0.194. The van der Waals surface area contributed by atoms with Crippen LogP contribution in [0.15, 0.2) is 78.9 Å². The van der Waals surface area contributed by atoms with E-state index in [0.717, 1.165) is 12.0 Å². The molecule has 3 rings (SSSR count). The predicted molar refractivity (Wildman–Crippen MR) is 155 cm³/mol. The first kappa shape index (κ1) is 31.3. The van der Waals surface area contributed by atoms with Gasteiger partial charge in [-0.3, -0.25) is 19.6 Å². The maximum Gasteiger partial charge on any atom is 0.267 e. The van der Waals surface area contributed by atoms with Gasteiger partial charge in [0.1, 0.15) is 6.04 Å². The summed E-state index contributed by atoms with van der Waals surface area (Å²) in [5.74, 6) is 9.96. The third-order valence-corrected chi connectivity index (χ3v) is 5.48. The Hall–Kier alpha value is -4.93. The molecule has 0 saturated heterocycles. The van der Waals surface area contributed by atoms with Crippen LogP contribution >= 0.6 is 0 Å². The Morgan fingerprint density at radius 3 is 2.02 bits per heavy atom. The van der Waals surface area contributed by atoms with Gasteiger partial charge in [-0.2, -0.15) is 0 Å². The first-order chi connectivity index (χ1) is 19.0. The quantitative estimate of drug-likeness (QED) is 0.101. The van der Waals surface area contributed by atoms with Crippen molar-refractivity contribution in [2.45, 2.75) is 19.9 Å². The molecule has 0 aliphatic carbocycles. The SMILES string of the molecule is C.NC[C@H](NC(=O)c1ccc(C#CC#Cc2ccc(NC(=O)CNCCc3ccccc3)cc2)cc1)C(=O)NO. The molecule has 7 N–H and O–H groups in total. The molecule has 3 aromatic rings. The van der Waals surface area contributed by atoms with E-state index >= 15 is 0 Å². The van der Waals surface area contributed by atoms with Gasteiger partial charge in [0.05, 0.1) is 6.54 Å². The van der Waals surface area contributed by atoms with E-state index in [4.69, 9.17) is 10.9 Å². The molecular formula is C31H33N5O4. The third-order valence-electron chi connectivity index (χ3n) is 5.48. The zero-order valence-corrected chi connectivity index (χ0v) is 21.2. The third kappa shape index (κ3) is 10.4. The number of hydrogen-bond acceptors (Lipinski definition) is 6. The van der Waals surface area contributed by atoms with E-state index in [-0.39, 0.29) is 26.4 Å². The second kappa shape index (κ2) is 16.8. The number of hydroxylamine groups is 1. The molecule has 3 amide bonds. The molecular weight excluding hydrogens is 506 g/mol. The number of hydrogen-bond donors (Lipinski definition) is 6. The number of carbonyl (C=O) groups is 3. The number of amides is 3. The Morgan fingerprint density at radius 1 is 0.850 bits per heavy atom. The minimum absolute atomic E-state index is 0. The molecule has 3 aromatic carbocycles. The Bertz CT molecular complexity index is 1380. The number of benzene rings is 3. The highest BCUT2D eigenvalue weighted by Crippen LogP contribution is 2.08. The standard InChI is InChI=1S/C30H29N5O4.CH4/c31-20-27(30(38)35-39)34-29(37)25-14-10-23(11-15-25)8-4-5-9-24-12-16-26(17-13-24)33-28(36)21-32-19-18-22-6-2-1-3-7-22;/h1-3,6-7,10-17,27,32,39H,18-21,31H2,(H,33,36)(H,34,37)(H,35,38);1H4/t27-;/m0./s1. The first-order valence-electron chi connectivity index (χ1n) is 12.2.